The van der Waals surface area contributed by atoms with E-state index in [0.29, 0.717) is 0 Å². The fourth-order valence-electron chi connectivity index (χ4n) is 0. The lowest BCUT2D eigenvalue weighted by Gasteiger charge is -1.70. The van der Waals surface area contributed by atoms with Crippen molar-refractivity contribution in [2.45, 2.75) is 0 Å². The van der Waals surface area contributed by atoms with Crippen LogP contribution in [0.1, 0.15) is 0 Å². The molecule has 0 fully saturated rings. The van der Waals surface area contributed by atoms with Crippen LogP contribution in [0, 0.1) is 0 Å². The first kappa shape index (κ1) is 17.3. The maximum absolute atomic E-state index is 8.56. The van der Waals surface area contributed by atoms with Gasteiger partial charge < -0.3 is 30.6 Å². The molecule has 7 heteroatoms. The molecule has 0 bridgehead atoms. The van der Waals surface area contributed by atoms with Crippen molar-refractivity contribution in [2.75, 3.05) is 26.4 Å². The van der Waals surface area contributed by atoms with E-state index in [0.717, 1.165) is 0 Å². The maximum atomic E-state index is 8.56. The van der Waals surface area contributed by atoms with E-state index in [1.165, 1.54) is 0 Å². The largest absolute Gasteiger partial charge is 0.503 e. The second-order valence-electron chi connectivity index (χ2n) is 1.18. The molecule has 0 atom stereocenters. The standard InChI is InChI=1S/2C2H6O2.CH2O3/c2*3-1-2-4;2-1(3)4/h2*3-4H,1-2H2;(H2,2,3,4). The first-order valence-corrected chi connectivity index (χ1v) is 2.92. The fourth-order valence-corrected chi connectivity index (χ4v) is 0. The highest BCUT2D eigenvalue weighted by Crippen LogP contribution is 1.42. The molecule has 0 saturated heterocycles. The molecule has 0 heterocycles. The Labute approximate surface area is 69.1 Å². The highest BCUT2D eigenvalue weighted by Gasteiger charge is 1.70. The molecule has 0 aliphatic heterocycles. The number of carboxylic acid groups (broad SMARTS) is 2. The van der Waals surface area contributed by atoms with Gasteiger partial charge in [0.15, 0.2) is 0 Å². The number of rotatable bonds is 2. The van der Waals surface area contributed by atoms with Gasteiger partial charge in [0.25, 0.3) is 0 Å². The number of hydrogen-bond donors (Lipinski definition) is 6. The van der Waals surface area contributed by atoms with E-state index in [2.05, 4.69) is 0 Å². The lowest BCUT2D eigenvalue weighted by atomic mass is 10.8. The summed E-state index contributed by atoms with van der Waals surface area (Å²) >= 11 is 0. The molecule has 0 saturated carbocycles. The molecule has 0 radical (unpaired) electrons. The molecule has 76 valence electrons. The zero-order chi connectivity index (χ0) is 10.4. The monoisotopic (exact) mass is 186 g/mol. The van der Waals surface area contributed by atoms with Gasteiger partial charge in [-0.15, -0.1) is 0 Å². The van der Waals surface area contributed by atoms with Crippen LogP contribution in [0.2, 0.25) is 0 Å². The average Bonchev–Trinajstić information content (AvgIpc) is 2.03. The van der Waals surface area contributed by atoms with Crippen molar-refractivity contribution in [3.8, 4) is 0 Å². The van der Waals surface area contributed by atoms with Crippen LogP contribution < -0.4 is 0 Å². The molecular formula is C5H14O7. The molecule has 0 rings (SSSR count). The highest BCUT2D eigenvalue weighted by molar-refractivity contribution is 5.53. The Morgan fingerprint density at radius 3 is 0.833 bits per heavy atom. The van der Waals surface area contributed by atoms with E-state index in [9.17, 15) is 0 Å². The average molecular weight is 186 g/mol. The fraction of sp³-hybridized carbons (Fsp3) is 0.800. The molecule has 0 aliphatic rings. The van der Waals surface area contributed by atoms with Crippen LogP contribution >= 0.6 is 0 Å². The third-order valence-electron chi connectivity index (χ3n) is 0.200. The van der Waals surface area contributed by atoms with Crippen LogP contribution in [0.3, 0.4) is 0 Å². The Morgan fingerprint density at radius 1 is 0.750 bits per heavy atom. The molecular weight excluding hydrogens is 172 g/mol. The van der Waals surface area contributed by atoms with Crippen molar-refractivity contribution in [1.29, 1.82) is 0 Å². The summed E-state index contributed by atoms with van der Waals surface area (Å²) in [6.07, 6.45) is -1.83. The molecule has 0 aromatic rings. The van der Waals surface area contributed by atoms with Gasteiger partial charge in [0.05, 0.1) is 26.4 Å². The highest BCUT2D eigenvalue weighted by atomic mass is 16.6. The van der Waals surface area contributed by atoms with E-state index in [4.69, 9.17) is 35.4 Å². The van der Waals surface area contributed by atoms with Crippen molar-refractivity contribution in [1.82, 2.24) is 0 Å². The Kier molecular flexibility index (Phi) is 32.3. The van der Waals surface area contributed by atoms with Gasteiger partial charge in [0.1, 0.15) is 0 Å². The molecule has 0 amide bonds. The molecule has 12 heavy (non-hydrogen) atoms. The summed E-state index contributed by atoms with van der Waals surface area (Å²) < 4.78 is 0. The zero-order valence-corrected chi connectivity index (χ0v) is 6.42. The molecule has 0 aliphatic carbocycles. The first-order chi connectivity index (χ1) is 5.56. The first-order valence-electron chi connectivity index (χ1n) is 2.92. The number of hydrogen-bond acceptors (Lipinski definition) is 5. The van der Waals surface area contributed by atoms with Crippen LogP contribution in [0.15, 0.2) is 0 Å². The van der Waals surface area contributed by atoms with Crippen LogP contribution in [0.25, 0.3) is 0 Å². The summed E-state index contributed by atoms with van der Waals surface area (Å²) in [7, 11) is 0. The predicted octanol–water partition coefficient (Wildman–Crippen LogP) is -1.84. The van der Waals surface area contributed by atoms with Crippen LogP contribution in [0.5, 0.6) is 0 Å². The van der Waals surface area contributed by atoms with Crippen molar-refractivity contribution >= 4 is 6.16 Å². The van der Waals surface area contributed by atoms with Crippen LogP contribution in [-0.4, -0.2) is 63.2 Å². The number of aliphatic hydroxyl groups is 4. The second-order valence-corrected chi connectivity index (χ2v) is 1.18. The van der Waals surface area contributed by atoms with Gasteiger partial charge in [0, 0.05) is 0 Å². The van der Waals surface area contributed by atoms with E-state index < -0.39 is 6.16 Å². The van der Waals surface area contributed by atoms with Crippen molar-refractivity contribution in [3.05, 3.63) is 0 Å². The van der Waals surface area contributed by atoms with Gasteiger partial charge in [-0.25, -0.2) is 4.79 Å². The lowest BCUT2D eigenvalue weighted by Crippen LogP contribution is -1.85. The minimum atomic E-state index is -1.83. The summed E-state index contributed by atoms with van der Waals surface area (Å²) in [6.45, 7) is -0.500. The van der Waals surface area contributed by atoms with Gasteiger partial charge in [-0.05, 0) is 0 Å². The minimum Gasteiger partial charge on any atom is -0.450 e. The lowest BCUT2D eigenvalue weighted by molar-refractivity contribution is 0.137. The Morgan fingerprint density at radius 2 is 0.833 bits per heavy atom. The Balaban J connectivity index is -0.000000101. The number of aliphatic hydroxyl groups excluding tert-OH is 4. The van der Waals surface area contributed by atoms with Gasteiger partial charge in [-0.1, -0.05) is 0 Å². The summed E-state index contributed by atoms with van der Waals surface area (Å²) in [5, 5.41) is 44.4. The number of carbonyl (C=O) groups is 1. The molecule has 0 aromatic carbocycles. The topological polar surface area (TPSA) is 138 Å². The van der Waals surface area contributed by atoms with Crippen molar-refractivity contribution in [2.24, 2.45) is 0 Å². The molecule has 0 spiro atoms. The quantitative estimate of drug-likeness (QED) is 0.298. The van der Waals surface area contributed by atoms with Gasteiger partial charge in [0.2, 0.25) is 0 Å². The molecule has 0 unspecified atom stereocenters. The van der Waals surface area contributed by atoms with Gasteiger partial charge in [-0.2, -0.15) is 0 Å². The summed E-state index contributed by atoms with van der Waals surface area (Å²) in [4.78, 5) is 8.56. The van der Waals surface area contributed by atoms with E-state index in [1.54, 1.807) is 0 Å². The molecule has 0 aromatic heterocycles. The summed E-state index contributed by atoms with van der Waals surface area (Å²) in [5.41, 5.74) is 0. The third-order valence-corrected chi connectivity index (χ3v) is 0.200. The second kappa shape index (κ2) is 22.5. The van der Waals surface area contributed by atoms with Gasteiger partial charge >= 0.3 is 6.16 Å². The van der Waals surface area contributed by atoms with E-state index in [1.807, 2.05) is 0 Å². The normalized spacial score (nSPS) is 7.00. The smallest absolute Gasteiger partial charge is 0.450 e. The maximum Gasteiger partial charge on any atom is 0.503 e. The third kappa shape index (κ3) is 486. The molecule has 7 nitrogen and oxygen atoms in total. The minimum absolute atomic E-state index is 0.125. The van der Waals surface area contributed by atoms with Crippen molar-refractivity contribution < 1.29 is 35.4 Å². The van der Waals surface area contributed by atoms with Crippen molar-refractivity contribution in [3.63, 3.8) is 0 Å². The Bertz CT molecular complexity index is 62.2. The SMILES string of the molecule is O=C(O)O.OCCO.OCCO. The van der Waals surface area contributed by atoms with Crippen LogP contribution in [0.4, 0.5) is 4.79 Å². The Hall–Kier alpha value is -0.890. The van der Waals surface area contributed by atoms with Crippen LogP contribution in [-0.2, 0) is 0 Å². The van der Waals surface area contributed by atoms with E-state index in [-0.39, 0.29) is 26.4 Å². The van der Waals surface area contributed by atoms with Gasteiger partial charge in [-0.3, -0.25) is 0 Å². The predicted molar refractivity (Wildman–Crippen MR) is 39.0 cm³/mol. The molecule has 6 N–H and O–H groups in total. The summed E-state index contributed by atoms with van der Waals surface area (Å²) in [6, 6.07) is 0. The zero-order valence-electron chi connectivity index (χ0n) is 6.42. The van der Waals surface area contributed by atoms with E-state index >= 15 is 0 Å². The summed E-state index contributed by atoms with van der Waals surface area (Å²) in [5.74, 6) is 0.